The molecule has 0 spiro atoms. The molecule has 92 valence electrons. The molecule has 2 heterocycles. The van der Waals surface area contributed by atoms with Crippen molar-refractivity contribution in [3.8, 4) is 0 Å². The maximum Gasteiger partial charge on any atom is 0.356 e. The summed E-state index contributed by atoms with van der Waals surface area (Å²) in [7, 11) is 0. The minimum absolute atomic E-state index is 0.0398. The predicted molar refractivity (Wildman–Crippen MR) is 61.0 cm³/mol. The Kier molecular flexibility index (Phi) is 3.87. The average Bonchev–Trinajstić information content (AvgIpc) is 2.38. The van der Waals surface area contributed by atoms with E-state index in [1.54, 1.807) is 0 Å². The number of carboxylic acid groups (broad SMARTS) is 1. The molecule has 0 amide bonds. The van der Waals surface area contributed by atoms with E-state index in [0.29, 0.717) is 11.7 Å². The van der Waals surface area contributed by atoms with Crippen molar-refractivity contribution in [3.05, 3.63) is 18.1 Å². The Hall–Kier alpha value is -1.69. The molecule has 0 saturated carbocycles. The van der Waals surface area contributed by atoms with Crippen LogP contribution in [0.1, 0.15) is 23.3 Å². The van der Waals surface area contributed by atoms with Crippen LogP contribution in [0.2, 0.25) is 0 Å². The zero-order chi connectivity index (χ0) is 12.1. The van der Waals surface area contributed by atoms with E-state index in [9.17, 15) is 4.79 Å². The summed E-state index contributed by atoms with van der Waals surface area (Å²) in [5.74, 6) is 0.00245. The first kappa shape index (κ1) is 11.8. The Labute approximate surface area is 99.0 Å². The number of nitrogens with one attached hydrogen (secondary N) is 1. The van der Waals surface area contributed by atoms with Gasteiger partial charge < -0.3 is 15.2 Å². The van der Waals surface area contributed by atoms with Crippen LogP contribution < -0.4 is 5.32 Å². The molecule has 1 aliphatic rings. The van der Waals surface area contributed by atoms with Crippen LogP contribution in [0.15, 0.2) is 12.4 Å². The van der Waals surface area contributed by atoms with Crippen molar-refractivity contribution >= 4 is 11.8 Å². The lowest BCUT2D eigenvalue weighted by molar-refractivity contribution is 0.0690. The number of aromatic nitrogens is 2. The van der Waals surface area contributed by atoms with Gasteiger partial charge in [0.25, 0.3) is 0 Å². The molecular weight excluding hydrogens is 222 g/mol. The van der Waals surface area contributed by atoms with Gasteiger partial charge in [0.05, 0.1) is 12.4 Å². The Bertz CT molecular complexity index is 391. The van der Waals surface area contributed by atoms with E-state index in [1.807, 2.05) is 0 Å². The fourth-order valence-corrected chi connectivity index (χ4v) is 1.75. The highest BCUT2D eigenvalue weighted by Crippen LogP contribution is 2.15. The minimum atomic E-state index is -1.06. The van der Waals surface area contributed by atoms with Crippen LogP contribution in [0, 0.1) is 5.92 Å². The zero-order valence-corrected chi connectivity index (χ0v) is 9.43. The summed E-state index contributed by atoms with van der Waals surface area (Å²) < 4.78 is 5.27. The van der Waals surface area contributed by atoms with Gasteiger partial charge in [-0.15, -0.1) is 0 Å². The smallest absolute Gasteiger partial charge is 0.356 e. The Morgan fingerprint density at radius 1 is 1.47 bits per heavy atom. The van der Waals surface area contributed by atoms with Gasteiger partial charge in [0, 0.05) is 19.8 Å². The third kappa shape index (κ3) is 3.39. The average molecular weight is 237 g/mol. The number of ether oxygens (including phenoxy) is 1. The summed E-state index contributed by atoms with van der Waals surface area (Å²) in [6.07, 6.45) is 4.83. The van der Waals surface area contributed by atoms with E-state index in [1.165, 1.54) is 12.4 Å². The summed E-state index contributed by atoms with van der Waals surface area (Å²) in [5, 5.41) is 11.9. The standard InChI is InChI=1S/C11H15N3O3/c15-11(16)9-6-12-7-10(14-9)13-5-8-1-3-17-4-2-8/h6-8H,1-5H2,(H,13,14)(H,15,16). The molecule has 1 aliphatic heterocycles. The Morgan fingerprint density at radius 2 is 2.24 bits per heavy atom. The largest absolute Gasteiger partial charge is 0.476 e. The Morgan fingerprint density at radius 3 is 2.94 bits per heavy atom. The van der Waals surface area contributed by atoms with E-state index in [-0.39, 0.29) is 5.69 Å². The minimum Gasteiger partial charge on any atom is -0.476 e. The number of nitrogens with zero attached hydrogens (tertiary/aromatic N) is 2. The van der Waals surface area contributed by atoms with Gasteiger partial charge in [-0.1, -0.05) is 0 Å². The fourth-order valence-electron chi connectivity index (χ4n) is 1.75. The van der Waals surface area contributed by atoms with Crippen LogP contribution in [-0.4, -0.2) is 40.8 Å². The first-order chi connectivity index (χ1) is 8.25. The highest BCUT2D eigenvalue weighted by Gasteiger charge is 2.14. The van der Waals surface area contributed by atoms with Crippen LogP contribution in [0.3, 0.4) is 0 Å². The molecule has 6 nitrogen and oxygen atoms in total. The van der Waals surface area contributed by atoms with E-state index in [2.05, 4.69) is 15.3 Å². The van der Waals surface area contributed by atoms with E-state index in [0.717, 1.165) is 32.6 Å². The number of rotatable bonds is 4. The Balaban J connectivity index is 1.89. The molecule has 1 fully saturated rings. The number of aromatic carboxylic acids is 1. The van der Waals surface area contributed by atoms with E-state index in [4.69, 9.17) is 9.84 Å². The number of anilines is 1. The maximum atomic E-state index is 10.7. The quantitative estimate of drug-likeness (QED) is 0.813. The third-order valence-corrected chi connectivity index (χ3v) is 2.77. The molecule has 17 heavy (non-hydrogen) atoms. The van der Waals surface area contributed by atoms with Crippen molar-refractivity contribution in [3.63, 3.8) is 0 Å². The summed E-state index contributed by atoms with van der Waals surface area (Å²) in [5.41, 5.74) is -0.0398. The van der Waals surface area contributed by atoms with E-state index >= 15 is 0 Å². The first-order valence-electron chi connectivity index (χ1n) is 5.62. The lowest BCUT2D eigenvalue weighted by atomic mass is 10.0. The molecule has 2 N–H and O–H groups in total. The van der Waals surface area contributed by atoms with Crippen molar-refractivity contribution in [1.82, 2.24) is 9.97 Å². The van der Waals surface area contributed by atoms with Gasteiger partial charge in [0.15, 0.2) is 5.69 Å². The van der Waals surface area contributed by atoms with Crippen LogP contribution >= 0.6 is 0 Å². The van der Waals surface area contributed by atoms with E-state index < -0.39 is 5.97 Å². The molecule has 1 aromatic rings. The number of carbonyl (C=O) groups is 1. The van der Waals surface area contributed by atoms with Gasteiger partial charge in [-0.25, -0.2) is 9.78 Å². The van der Waals surface area contributed by atoms with Crippen molar-refractivity contribution in [2.24, 2.45) is 5.92 Å². The van der Waals surface area contributed by atoms with Gasteiger partial charge in [0.1, 0.15) is 5.82 Å². The van der Waals surface area contributed by atoms with Crippen LogP contribution in [0.5, 0.6) is 0 Å². The predicted octanol–water partition coefficient (Wildman–Crippen LogP) is 1.01. The molecule has 0 unspecified atom stereocenters. The number of carboxylic acids is 1. The normalized spacial score (nSPS) is 16.7. The molecule has 0 aliphatic carbocycles. The molecular formula is C11H15N3O3. The SMILES string of the molecule is O=C(O)c1cncc(NCC2CCOCC2)n1. The van der Waals surface area contributed by atoms with Gasteiger partial charge in [-0.2, -0.15) is 0 Å². The maximum absolute atomic E-state index is 10.7. The zero-order valence-electron chi connectivity index (χ0n) is 9.43. The van der Waals surface area contributed by atoms with Gasteiger partial charge in [-0.3, -0.25) is 4.98 Å². The lowest BCUT2D eigenvalue weighted by Crippen LogP contribution is -2.23. The molecule has 1 aromatic heterocycles. The van der Waals surface area contributed by atoms with Gasteiger partial charge in [-0.05, 0) is 18.8 Å². The molecule has 1 saturated heterocycles. The molecule has 0 radical (unpaired) electrons. The van der Waals surface area contributed by atoms with Gasteiger partial charge in [0.2, 0.25) is 0 Å². The molecule has 0 aromatic carbocycles. The highest BCUT2D eigenvalue weighted by molar-refractivity contribution is 5.85. The summed E-state index contributed by atoms with van der Waals surface area (Å²) in [4.78, 5) is 18.5. The summed E-state index contributed by atoms with van der Waals surface area (Å²) in [6, 6.07) is 0. The van der Waals surface area contributed by atoms with Crippen LogP contribution in [0.25, 0.3) is 0 Å². The second-order valence-corrected chi connectivity index (χ2v) is 4.03. The van der Waals surface area contributed by atoms with Crippen molar-refractivity contribution < 1.29 is 14.6 Å². The summed E-state index contributed by atoms with van der Waals surface area (Å²) in [6.45, 7) is 2.38. The van der Waals surface area contributed by atoms with Gasteiger partial charge >= 0.3 is 5.97 Å². The van der Waals surface area contributed by atoms with Crippen LogP contribution in [-0.2, 0) is 4.74 Å². The molecule has 2 rings (SSSR count). The lowest BCUT2D eigenvalue weighted by Gasteiger charge is -2.22. The summed E-state index contributed by atoms with van der Waals surface area (Å²) >= 11 is 0. The highest BCUT2D eigenvalue weighted by atomic mass is 16.5. The molecule has 6 heteroatoms. The second-order valence-electron chi connectivity index (χ2n) is 4.03. The second kappa shape index (κ2) is 5.58. The van der Waals surface area contributed by atoms with Crippen molar-refractivity contribution in [2.45, 2.75) is 12.8 Å². The van der Waals surface area contributed by atoms with Crippen LogP contribution in [0.4, 0.5) is 5.82 Å². The number of hydrogen-bond donors (Lipinski definition) is 2. The number of hydrogen-bond acceptors (Lipinski definition) is 5. The molecule has 0 bridgehead atoms. The van der Waals surface area contributed by atoms with Crippen molar-refractivity contribution in [1.29, 1.82) is 0 Å². The topological polar surface area (TPSA) is 84.3 Å². The monoisotopic (exact) mass is 237 g/mol. The fraction of sp³-hybridized carbons (Fsp3) is 0.545. The van der Waals surface area contributed by atoms with Crippen molar-refractivity contribution in [2.75, 3.05) is 25.1 Å². The molecule has 0 atom stereocenters. The first-order valence-corrected chi connectivity index (χ1v) is 5.62. The third-order valence-electron chi connectivity index (χ3n) is 2.77.